The topological polar surface area (TPSA) is 27.7 Å². The van der Waals surface area contributed by atoms with Crippen molar-refractivity contribution in [1.82, 2.24) is 0 Å². The normalized spacial score (nSPS) is 10.5. The molecule has 3 aromatic rings. The van der Waals surface area contributed by atoms with Crippen molar-refractivity contribution < 1.29 is 14.2 Å². The van der Waals surface area contributed by atoms with E-state index < -0.39 is 0 Å². The smallest absolute Gasteiger partial charge is 0.162 e. The summed E-state index contributed by atoms with van der Waals surface area (Å²) in [5.74, 6) is 1.40. The lowest BCUT2D eigenvalue weighted by atomic mass is 10.2. The summed E-state index contributed by atoms with van der Waals surface area (Å²) in [6, 6.07) is 24.1. The Bertz CT molecular complexity index is 820. The number of rotatable bonds is 8. The Labute approximate surface area is 162 Å². The fourth-order valence-corrected chi connectivity index (χ4v) is 2.99. The van der Waals surface area contributed by atoms with Gasteiger partial charge in [0.15, 0.2) is 11.5 Å². The second-order valence-corrected chi connectivity index (χ2v) is 6.70. The summed E-state index contributed by atoms with van der Waals surface area (Å²) in [5.41, 5.74) is 3.28. The molecular weight excluding hydrogens is 392 g/mol. The van der Waals surface area contributed by atoms with Crippen molar-refractivity contribution in [3.63, 3.8) is 0 Å². The third kappa shape index (κ3) is 5.10. The first kappa shape index (κ1) is 18.5. The van der Waals surface area contributed by atoms with Gasteiger partial charge in [0.1, 0.15) is 6.61 Å². The van der Waals surface area contributed by atoms with Gasteiger partial charge >= 0.3 is 0 Å². The predicted molar refractivity (Wildman–Crippen MR) is 106 cm³/mol. The number of hydrogen-bond acceptors (Lipinski definition) is 3. The summed E-state index contributed by atoms with van der Waals surface area (Å²) in [7, 11) is 1.65. The third-order valence-corrected chi connectivity index (χ3v) is 4.68. The van der Waals surface area contributed by atoms with Gasteiger partial charge in [0.25, 0.3) is 0 Å². The van der Waals surface area contributed by atoms with Crippen LogP contribution >= 0.6 is 15.9 Å². The number of hydrogen-bond donors (Lipinski definition) is 0. The number of methoxy groups -OCH3 is 1. The van der Waals surface area contributed by atoms with E-state index in [0.29, 0.717) is 31.3 Å². The molecule has 0 N–H and O–H groups in total. The largest absolute Gasteiger partial charge is 0.493 e. The number of halogens is 1. The predicted octanol–water partition coefficient (Wildman–Crippen LogP) is 5.75. The minimum atomic E-state index is 0.491. The van der Waals surface area contributed by atoms with E-state index in [1.165, 1.54) is 0 Å². The van der Waals surface area contributed by atoms with Gasteiger partial charge in [-0.15, -0.1) is 0 Å². The van der Waals surface area contributed by atoms with Crippen LogP contribution in [0.2, 0.25) is 0 Å². The van der Waals surface area contributed by atoms with E-state index in [4.69, 9.17) is 14.2 Å². The van der Waals surface area contributed by atoms with E-state index in [1.807, 2.05) is 60.7 Å². The Morgan fingerprint density at radius 2 is 1.35 bits per heavy atom. The van der Waals surface area contributed by atoms with Gasteiger partial charge in [-0.25, -0.2) is 0 Å². The molecule has 3 nitrogen and oxygen atoms in total. The van der Waals surface area contributed by atoms with Crippen LogP contribution in [0.25, 0.3) is 0 Å². The van der Waals surface area contributed by atoms with Crippen LogP contribution in [0.5, 0.6) is 11.5 Å². The molecule has 0 unspecified atom stereocenters. The zero-order valence-corrected chi connectivity index (χ0v) is 16.2. The van der Waals surface area contributed by atoms with Crippen LogP contribution in [-0.2, 0) is 24.6 Å². The highest BCUT2D eigenvalue weighted by molar-refractivity contribution is 9.10. The fraction of sp³-hybridized carbons (Fsp3) is 0.182. The standard InChI is InChI=1S/C22H21BrO3/c1-24-21-12-19(16-25-14-17-8-4-2-5-9-17)20(23)13-22(21)26-15-18-10-6-3-7-11-18/h2-13H,14-16H2,1H3. The van der Waals surface area contributed by atoms with Gasteiger partial charge < -0.3 is 14.2 Å². The first-order valence-corrected chi connectivity index (χ1v) is 9.20. The second kappa shape index (κ2) is 9.41. The highest BCUT2D eigenvalue weighted by Crippen LogP contribution is 2.34. The SMILES string of the molecule is COc1cc(COCc2ccccc2)c(Br)cc1OCc1ccccc1. The van der Waals surface area contributed by atoms with Crippen molar-refractivity contribution in [3.05, 3.63) is 94.0 Å². The Kier molecular flexibility index (Phi) is 6.69. The Hall–Kier alpha value is -2.30. The molecule has 3 aromatic carbocycles. The van der Waals surface area contributed by atoms with E-state index in [9.17, 15) is 0 Å². The van der Waals surface area contributed by atoms with Crippen molar-refractivity contribution in [2.75, 3.05) is 7.11 Å². The van der Waals surface area contributed by atoms with Crippen molar-refractivity contribution in [3.8, 4) is 11.5 Å². The van der Waals surface area contributed by atoms with Crippen LogP contribution in [0, 0.1) is 0 Å². The molecule has 0 aromatic heterocycles. The molecule has 0 fully saturated rings. The molecule has 26 heavy (non-hydrogen) atoms. The minimum absolute atomic E-state index is 0.491. The van der Waals surface area contributed by atoms with Crippen molar-refractivity contribution in [2.45, 2.75) is 19.8 Å². The van der Waals surface area contributed by atoms with Crippen LogP contribution in [0.4, 0.5) is 0 Å². The highest BCUT2D eigenvalue weighted by Gasteiger charge is 2.11. The van der Waals surface area contributed by atoms with Crippen LogP contribution < -0.4 is 9.47 Å². The summed E-state index contributed by atoms with van der Waals surface area (Å²) in [6.45, 7) is 1.56. The summed E-state index contributed by atoms with van der Waals surface area (Å²) in [5, 5.41) is 0. The maximum absolute atomic E-state index is 5.93. The molecule has 3 rings (SSSR count). The van der Waals surface area contributed by atoms with E-state index in [-0.39, 0.29) is 0 Å². The fourth-order valence-electron chi connectivity index (χ4n) is 2.55. The van der Waals surface area contributed by atoms with Crippen LogP contribution in [0.1, 0.15) is 16.7 Å². The van der Waals surface area contributed by atoms with Gasteiger partial charge in [0, 0.05) is 4.47 Å². The molecule has 0 bridgehead atoms. The van der Waals surface area contributed by atoms with Crippen LogP contribution in [0.15, 0.2) is 77.3 Å². The van der Waals surface area contributed by atoms with Gasteiger partial charge in [-0.05, 0) is 28.8 Å². The molecule has 0 atom stereocenters. The Morgan fingerprint density at radius 3 is 1.96 bits per heavy atom. The molecule has 134 valence electrons. The third-order valence-electron chi connectivity index (χ3n) is 3.94. The van der Waals surface area contributed by atoms with Crippen molar-refractivity contribution in [1.29, 1.82) is 0 Å². The maximum atomic E-state index is 5.93. The zero-order chi connectivity index (χ0) is 18.2. The van der Waals surface area contributed by atoms with E-state index >= 15 is 0 Å². The molecule has 0 heterocycles. The van der Waals surface area contributed by atoms with Gasteiger partial charge in [0.05, 0.1) is 20.3 Å². The van der Waals surface area contributed by atoms with Gasteiger partial charge in [-0.3, -0.25) is 0 Å². The van der Waals surface area contributed by atoms with Crippen molar-refractivity contribution >= 4 is 15.9 Å². The number of ether oxygens (including phenoxy) is 3. The molecule has 0 aliphatic heterocycles. The number of benzene rings is 3. The Morgan fingerprint density at radius 1 is 0.731 bits per heavy atom. The molecule has 0 saturated heterocycles. The molecule has 0 aliphatic carbocycles. The monoisotopic (exact) mass is 412 g/mol. The molecule has 4 heteroatoms. The van der Waals surface area contributed by atoms with Gasteiger partial charge in [-0.2, -0.15) is 0 Å². The first-order valence-electron chi connectivity index (χ1n) is 8.41. The van der Waals surface area contributed by atoms with E-state index in [1.54, 1.807) is 7.11 Å². The van der Waals surface area contributed by atoms with Crippen LogP contribution in [-0.4, -0.2) is 7.11 Å². The van der Waals surface area contributed by atoms with E-state index in [2.05, 4.69) is 28.1 Å². The molecule has 0 radical (unpaired) electrons. The van der Waals surface area contributed by atoms with E-state index in [0.717, 1.165) is 21.2 Å². The molecule has 0 aliphatic rings. The molecule has 0 saturated carbocycles. The first-order chi connectivity index (χ1) is 12.8. The lowest BCUT2D eigenvalue weighted by Gasteiger charge is -2.14. The highest BCUT2D eigenvalue weighted by atomic mass is 79.9. The lowest BCUT2D eigenvalue weighted by Crippen LogP contribution is -2.00. The summed E-state index contributed by atoms with van der Waals surface area (Å²) >= 11 is 3.61. The van der Waals surface area contributed by atoms with Crippen LogP contribution in [0.3, 0.4) is 0 Å². The minimum Gasteiger partial charge on any atom is -0.493 e. The quantitative estimate of drug-likeness (QED) is 0.471. The van der Waals surface area contributed by atoms with Gasteiger partial charge in [-0.1, -0.05) is 76.6 Å². The Balaban J connectivity index is 1.64. The van der Waals surface area contributed by atoms with Crippen molar-refractivity contribution in [2.24, 2.45) is 0 Å². The summed E-state index contributed by atoms with van der Waals surface area (Å²) in [6.07, 6.45) is 0. The average molecular weight is 413 g/mol. The summed E-state index contributed by atoms with van der Waals surface area (Å²) < 4.78 is 18.2. The molecule has 0 spiro atoms. The maximum Gasteiger partial charge on any atom is 0.162 e. The second-order valence-electron chi connectivity index (χ2n) is 5.85. The molecule has 0 amide bonds. The average Bonchev–Trinajstić information content (AvgIpc) is 2.69. The summed E-state index contributed by atoms with van der Waals surface area (Å²) in [4.78, 5) is 0. The molecular formula is C22H21BrO3. The lowest BCUT2D eigenvalue weighted by molar-refractivity contribution is 0.106. The van der Waals surface area contributed by atoms with Gasteiger partial charge in [0.2, 0.25) is 0 Å². The zero-order valence-electron chi connectivity index (χ0n) is 14.7.